The van der Waals surface area contributed by atoms with Crippen LogP contribution >= 0.6 is 0 Å². The molecular weight excluding hydrogens is 176 g/mol. The lowest BCUT2D eigenvalue weighted by Crippen LogP contribution is -2.09. The standard InChI is InChI=1S/C12H16O2/c1-9(13-2)10-5-6-12-11(8-10)4-3-7-14-12/h5-6,8-9H,3-4,7H2,1-2H3. The highest BCUT2D eigenvalue weighted by molar-refractivity contribution is 5.39. The lowest BCUT2D eigenvalue weighted by molar-refractivity contribution is 0.119. The molecule has 0 fully saturated rings. The van der Waals surface area contributed by atoms with E-state index in [2.05, 4.69) is 25.1 Å². The number of ether oxygens (including phenoxy) is 2. The van der Waals surface area contributed by atoms with Crippen molar-refractivity contribution in [3.63, 3.8) is 0 Å². The molecule has 2 nitrogen and oxygen atoms in total. The Bertz CT molecular complexity index is 320. The van der Waals surface area contributed by atoms with Crippen LogP contribution in [0.15, 0.2) is 18.2 Å². The Morgan fingerprint density at radius 3 is 3.07 bits per heavy atom. The van der Waals surface area contributed by atoms with Gasteiger partial charge in [0.1, 0.15) is 5.75 Å². The van der Waals surface area contributed by atoms with Crippen molar-refractivity contribution < 1.29 is 9.47 Å². The van der Waals surface area contributed by atoms with Gasteiger partial charge in [-0.3, -0.25) is 0 Å². The van der Waals surface area contributed by atoms with Gasteiger partial charge < -0.3 is 9.47 Å². The third kappa shape index (κ3) is 1.75. The molecule has 1 atom stereocenters. The summed E-state index contributed by atoms with van der Waals surface area (Å²) in [6, 6.07) is 6.33. The highest BCUT2D eigenvalue weighted by atomic mass is 16.5. The van der Waals surface area contributed by atoms with Gasteiger partial charge in [-0.1, -0.05) is 6.07 Å². The minimum absolute atomic E-state index is 0.169. The summed E-state index contributed by atoms with van der Waals surface area (Å²) < 4.78 is 10.8. The zero-order chi connectivity index (χ0) is 9.97. The van der Waals surface area contributed by atoms with E-state index in [9.17, 15) is 0 Å². The van der Waals surface area contributed by atoms with E-state index in [0.29, 0.717) is 0 Å². The molecule has 0 N–H and O–H groups in total. The van der Waals surface area contributed by atoms with E-state index >= 15 is 0 Å². The first-order valence-electron chi connectivity index (χ1n) is 5.09. The summed E-state index contributed by atoms with van der Waals surface area (Å²) in [4.78, 5) is 0. The van der Waals surface area contributed by atoms with Gasteiger partial charge in [-0.2, -0.15) is 0 Å². The number of benzene rings is 1. The maximum absolute atomic E-state index is 5.55. The normalized spacial score (nSPS) is 17.0. The average molecular weight is 192 g/mol. The second kappa shape index (κ2) is 4.01. The Hall–Kier alpha value is -1.02. The van der Waals surface area contributed by atoms with Crippen LogP contribution in [0, 0.1) is 0 Å². The van der Waals surface area contributed by atoms with Crippen molar-refractivity contribution in [1.82, 2.24) is 0 Å². The van der Waals surface area contributed by atoms with Gasteiger partial charge in [0.25, 0.3) is 0 Å². The average Bonchev–Trinajstić information content (AvgIpc) is 2.27. The fourth-order valence-corrected chi connectivity index (χ4v) is 1.77. The molecule has 0 saturated carbocycles. The maximum atomic E-state index is 5.55. The highest BCUT2D eigenvalue weighted by Gasteiger charge is 2.12. The largest absolute Gasteiger partial charge is 0.493 e. The lowest BCUT2D eigenvalue weighted by Gasteiger charge is -2.19. The van der Waals surface area contributed by atoms with E-state index in [1.165, 1.54) is 11.1 Å². The van der Waals surface area contributed by atoms with Crippen LogP contribution in [0.3, 0.4) is 0 Å². The second-order valence-corrected chi connectivity index (χ2v) is 3.70. The molecule has 2 rings (SSSR count). The van der Waals surface area contributed by atoms with Crippen LogP contribution in [0.4, 0.5) is 0 Å². The van der Waals surface area contributed by atoms with Gasteiger partial charge in [0.2, 0.25) is 0 Å². The molecule has 76 valence electrons. The lowest BCUT2D eigenvalue weighted by atomic mass is 10.0. The van der Waals surface area contributed by atoms with Gasteiger partial charge in [-0.05, 0) is 43.0 Å². The third-order valence-corrected chi connectivity index (χ3v) is 2.76. The fourth-order valence-electron chi connectivity index (χ4n) is 1.77. The van der Waals surface area contributed by atoms with Crippen molar-refractivity contribution in [3.8, 4) is 5.75 Å². The van der Waals surface area contributed by atoms with Crippen LogP contribution in [0.2, 0.25) is 0 Å². The Morgan fingerprint density at radius 2 is 2.29 bits per heavy atom. The molecule has 0 radical (unpaired) electrons. The summed E-state index contributed by atoms with van der Waals surface area (Å²) in [5.41, 5.74) is 2.55. The first-order chi connectivity index (χ1) is 6.81. The Labute approximate surface area is 84.8 Å². The number of fused-ring (bicyclic) bond motifs is 1. The van der Waals surface area contributed by atoms with E-state index in [4.69, 9.17) is 9.47 Å². The summed E-state index contributed by atoms with van der Waals surface area (Å²) in [6.07, 6.45) is 2.42. The zero-order valence-corrected chi connectivity index (χ0v) is 8.75. The van der Waals surface area contributed by atoms with Gasteiger partial charge >= 0.3 is 0 Å². The van der Waals surface area contributed by atoms with E-state index in [1.54, 1.807) is 7.11 Å². The molecule has 14 heavy (non-hydrogen) atoms. The Balaban J connectivity index is 2.29. The van der Waals surface area contributed by atoms with Crippen LogP contribution in [-0.4, -0.2) is 13.7 Å². The zero-order valence-electron chi connectivity index (χ0n) is 8.75. The summed E-state index contributed by atoms with van der Waals surface area (Å²) in [7, 11) is 1.74. The van der Waals surface area contributed by atoms with Gasteiger partial charge in [-0.15, -0.1) is 0 Å². The van der Waals surface area contributed by atoms with Gasteiger partial charge in [0.05, 0.1) is 12.7 Å². The molecule has 0 aliphatic carbocycles. The first-order valence-corrected chi connectivity index (χ1v) is 5.09. The molecule has 1 aliphatic heterocycles. The van der Waals surface area contributed by atoms with Gasteiger partial charge in [0.15, 0.2) is 0 Å². The number of methoxy groups -OCH3 is 1. The highest BCUT2D eigenvalue weighted by Crippen LogP contribution is 2.28. The number of hydrogen-bond acceptors (Lipinski definition) is 2. The smallest absolute Gasteiger partial charge is 0.122 e. The molecule has 0 saturated heterocycles. The summed E-state index contributed by atoms with van der Waals surface area (Å²) in [5, 5.41) is 0. The van der Waals surface area contributed by atoms with Crippen molar-refractivity contribution in [2.45, 2.75) is 25.9 Å². The topological polar surface area (TPSA) is 18.5 Å². The van der Waals surface area contributed by atoms with Crippen molar-refractivity contribution in [1.29, 1.82) is 0 Å². The predicted molar refractivity (Wildman–Crippen MR) is 55.7 cm³/mol. The van der Waals surface area contributed by atoms with Crippen LogP contribution in [0.1, 0.15) is 30.6 Å². The Morgan fingerprint density at radius 1 is 1.43 bits per heavy atom. The minimum Gasteiger partial charge on any atom is -0.493 e. The Kier molecular flexibility index (Phi) is 2.73. The predicted octanol–water partition coefficient (Wildman–Crippen LogP) is 2.72. The van der Waals surface area contributed by atoms with Gasteiger partial charge in [-0.25, -0.2) is 0 Å². The number of aryl methyl sites for hydroxylation is 1. The molecular formula is C12H16O2. The van der Waals surface area contributed by atoms with Crippen LogP contribution in [0.25, 0.3) is 0 Å². The van der Waals surface area contributed by atoms with Crippen LogP contribution in [-0.2, 0) is 11.2 Å². The molecule has 0 aromatic heterocycles. The van der Waals surface area contributed by atoms with Crippen molar-refractivity contribution in [3.05, 3.63) is 29.3 Å². The first kappa shape index (κ1) is 9.53. The molecule has 1 unspecified atom stereocenters. The molecule has 1 heterocycles. The second-order valence-electron chi connectivity index (χ2n) is 3.70. The molecule has 1 aliphatic rings. The van der Waals surface area contributed by atoms with E-state index in [-0.39, 0.29) is 6.10 Å². The summed E-state index contributed by atoms with van der Waals surface area (Å²) in [6.45, 7) is 2.91. The third-order valence-electron chi connectivity index (χ3n) is 2.76. The van der Waals surface area contributed by atoms with Crippen molar-refractivity contribution in [2.75, 3.05) is 13.7 Å². The van der Waals surface area contributed by atoms with E-state index in [1.807, 2.05) is 0 Å². The fraction of sp³-hybridized carbons (Fsp3) is 0.500. The molecule has 0 spiro atoms. The molecule has 0 bridgehead atoms. The quantitative estimate of drug-likeness (QED) is 0.717. The molecule has 0 amide bonds. The molecule has 2 heteroatoms. The summed E-state index contributed by atoms with van der Waals surface area (Å²) >= 11 is 0. The van der Waals surface area contributed by atoms with Crippen LogP contribution in [0.5, 0.6) is 5.75 Å². The molecule has 1 aromatic carbocycles. The van der Waals surface area contributed by atoms with E-state index < -0.39 is 0 Å². The van der Waals surface area contributed by atoms with E-state index in [0.717, 1.165) is 25.2 Å². The summed E-state index contributed by atoms with van der Waals surface area (Å²) in [5.74, 6) is 1.04. The SMILES string of the molecule is COC(C)c1ccc2c(c1)CCCO2. The van der Waals surface area contributed by atoms with Crippen LogP contribution < -0.4 is 4.74 Å². The van der Waals surface area contributed by atoms with Crippen molar-refractivity contribution in [2.24, 2.45) is 0 Å². The van der Waals surface area contributed by atoms with Crippen molar-refractivity contribution >= 4 is 0 Å². The number of rotatable bonds is 2. The maximum Gasteiger partial charge on any atom is 0.122 e. The molecule has 1 aromatic rings. The minimum atomic E-state index is 0.169. The monoisotopic (exact) mass is 192 g/mol. The number of hydrogen-bond donors (Lipinski definition) is 0. The van der Waals surface area contributed by atoms with Gasteiger partial charge in [0, 0.05) is 7.11 Å².